The molecule has 1 aromatic carbocycles. The number of thiophene rings is 1. The van der Waals surface area contributed by atoms with Crippen LogP contribution in [-0.4, -0.2) is 28.0 Å². The molecule has 0 unspecified atom stereocenters. The molecule has 0 amide bonds. The topological polar surface area (TPSA) is 96.6 Å². The number of primary sulfonamides is 1. The molecular formula is C17H21FN4O2S2. The Kier molecular flexibility index (Phi) is 5.31. The van der Waals surface area contributed by atoms with Crippen molar-refractivity contribution >= 4 is 27.3 Å². The zero-order valence-electron chi connectivity index (χ0n) is 14.3. The molecule has 1 fully saturated rings. The minimum absolute atomic E-state index is 0.133. The zero-order valence-corrected chi connectivity index (χ0v) is 16.0. The number of nitrogens with two attached hydrogens (primary N) is 1. The number of halogens is 1. The molecule has 26 heavy (non-hydrogen) atoms. The summed E-state index contributed by atoms with van der Waals surface area (Å²) < 4.78 is 36.8. The third-order valence-corrected chi connectivity index (χ3v) is 6.99. The zero-order chi connectivity index (χ0) is 18.8. The second kappa shape index (κ2) is 7.34. The molecule has 1 heterocycles. The maximum atomic E-state index is 14.1. The molecule has 0 aliphatic heterocycles. The molecule has 140 valence electrons. The summed E-state index contributed by atoms with van der Waals surface area (Å²) in [7, 11) is -2.02. The van der Waals surface area contributed by atoms with Gasteiger partial charge in [-0.2, -0.15) is 0 Å². The van der Waals surface area contributed by atoms with Crippen molar-refractivity contribution in [2.45, 2.75) is 29.0 Å². The summed E-state index contributed by atoms with van der Waals surface area (Å²) in [5.74, 6) is 0.405. The molecule has 1 aliphatic carbocycles. The van der Waals surface area contributed by atoms with E-state index < -0.39 is 10.0 Å². The van der Waals surface area contributed by atoms with E-state index in [9.17, 15) is 12.8 Å². The largest absolute Gasteiger partial charge is 0.356 e. The Morgan fingerprint density at radius 3 is 2.58 bits per heavy atom. The summed E-state index contributed by atoms with van der Waals surface area (Å²) in [5.41, 5.74) is 0.547. The summed E-state index contributed by atoms with van der Waals surface area (Å²) in [6.45, 7) is 1.01. The van der Waals surface area contributed by atoms with Crippen molar-refractivity contribution in [1.82, 2.24) is 10.6 Å². The lowest BCUT2D eigenvalue weighted by Crippen LogP contribution is -2.41. The first kappa shape index (κ1) is 18.8. The molecule has 0 atom stereocenters. The molecule has 0 spiro atoms. The third-order valence-electron chi connectivity index (χ3n) is 4.46. The van der Waals surface area contributed by atoms with E-state index in [4.69, 9.17) is 5.14 Å². The van der Waals surface area contributed by atoms with Crippen molar-refractivity contribution in [3.63, 3.8) is 0 Å². The van der Waals surface area contributed by atoms with Gasteiger partial charge in [-0.3, -0.25) is 4.99 Å². The van der Waals surface area contributed by atoms with Crippen LogP contribution in [0.3, 0.4) is 0 Å². The number of hydrogen-bond donors (Lipinski definition) is 3. The van der Waals surface area contributed by atoms with Crippen LogP contribution in [0.25, 0.3) is 0 Å². The molecule has 0 radical (unpaired) electrons. The van der Waals surface area contributed by atoms with Crippen LogP contribution in [-0.2, 0) is 22.0 Å². The molecular weight excluding hydrogens is 375 g/mol. The predicted octanol–water partition coefficient (Wildman–Crippen LogP) is 1.93. The molecule has 1 saturated carbocycles. The fourth-order valence-electron chi connectivity index (χ4n) is 2.83. The van der Waals surface area contributed by atoms with Crippen molar-refractivity contribution in [3.05, 3.63) is 52.7 Å². The number of guanidine groups is 1. The van der Waals surface area contributed by atoms with Crippen LogP contribution in [0.4, 0.5) is 4.39 Å². The lowest BCUT2D eigenvalue weighted by Gasteiger charge is -2.19. The highest BCUT2D eigenvalue weighted by atomic mass is 32.2. The highest BCUT2D eigenvalue weighted by molar-refractivity contribution is 7.91. The minimum Gasteiger partial charge on any atom is -0.356 e. The number of benzene rings is 1. The average Bonchev–Trinajstić information content (AvgIpc) is 3.22. The summed E-state index contributed by atoms with van der Waals surface area (Å²) in [5, 5.41) is 11.5. The number of nitrogens with zero attached hydrogens (tertiary/aromatic N) is 1. The van der Waals surface area contributed by atoms with Gasteiger partial charge in [-0.1, -0.05) is 18.2 Å². The summed E-state index contributed by atoms with van der Waals surface area (Å²) in [4.78, 5) is 4.99. The Bertz CT molecular complexity index is 920. The van der Waals surface area contributed by atoms with Gasteiger partial charge in [-0.15, -0.1) is 11.3 Å². The number of nitrogens with one attached hydrogen (secondary N) is 2. The molecule has 0 saturated heterocycles. The number of aliphatic imine (C=N–C) groups is 1. The highest BCUT2D eigenvalue weighted by Gasteiger charge is 2.45. The SMILES string of the molecule is CN=C(NCc1ccc(S(N)(=O)=O)s1)NCC1(c2ccccc2F)CC1. The van der Waals surface area contributed by atoms with E-state index in [1.54, 1.807) is 19.2 Å². The Hall–Kier alpha value is -1.97. The maximum Gasteiger partial charge on any atom is 0.247 e. The van der Waals surface area contributed by atoms with Crippen molar-refractivity contribution in [3.8, 4) is 0 Å². The van der Waals surface area contributed by atoms with Gasteiger partial charge in [0.1, 0.15) is 10.0 Å². The van der Waals surface area contributed by atoms with E-state index in [1.807, 2.05) is 12.1 Å². The van der Waals surface area contributed by atoms with Crippen molar-refractivity contribution in [2.75, 3.05) is 13.6 Å². The van der Waals surface area contributed by atoms with E-state index in [1.165, 1.54) is 12.1 Å². The van der Waals surface area contributed by atoms with Crippen molar-refractivity contribution in [2.24, 2.45) is 10.1 Å². The van der Waals surface area contributed by atoms with Crippen molar-refractivity contribution < 1.29 is 12.8 Å². The molecule has 3 rings (SSSR count). The number of hydrogen-bond acceptors (Lipinski definition) is 4. The molecule has 1 aromatic heterocycles. The summed E-state index contributed by atoms with van der Waals surface area (Å²) in [6, 6.07) is 10.1. The fraction of sp³-hybridized carbons (Fsp3) is 0.353. The molecule has 6 nitrogen and oxygen atoms in total. The maximum absolute atomic E-state index is 14.1. The van der Waals surface area contributed by atoms with Crippen LogP contribution in [0, 0.1) is 5.82 Å². The number of sulfonamides is 1. The summed E-state index contributed by atoms with van der Waals surface area (Å²) >= 11 is 1.12. The lowest BCUT2D eigenvalue weighted by atomic mass is 9.95. The van der Waals surface area contributed by atoms with Gasteiger partial charge >= 0.3 is 0 Å². The lowest BCUT2D eigenvalue weighted by molar-refractivity contribution is 0.560. The average molecular weight is 397 g/mol. The van der Waals surface area contributed by atoms with Gasteiger partial charge in [0.05, 0.1) is 6.54 Å². The van der Waals surface area contributed by atoms with Crippen LogP contribution in [0.5, 0.6) is 0 Å². The molecule has 4 N–H and O–H groups in total. The molecule has 0 bridgehead atoms. The van der Waals surface area contributed by atoms with E-state index >= 15 is 0 Å². The van der Waals surface area contributed by atoms with Crippen LogP contribution in [0.2, 0.25) is 0 Å². The smallest absolute Gasteiger partial charge is 0.247 e. The van der Waals surface area contributed by atoms with Crippen molar-refractivity contribution in [1.29, 1.82) is 0 Å². The first-order valence-corrected chi connectivity index (χ1v) is 10.5. The quantitative estimate of drug-likeness (QED) is 0.513. The summed E-state index contributed by atoms with van der Waals surface area (Å²) in [6.07, 6.45) is 1.86. The second-order valence-corrected chi connectivity index (χ2v) is 9.26. The van der Waals surface area contributed by atoms with Gasteiger partial charge in [0.25, 0.3) is 0 Å². The van der Waals surface area contributed by atoms with Crippen LogP contribution in [0.15, 0.2) is 45.6 Å². The molecule has 9 heteroatoms. The monoisotopic (exact) mass is 396 g/mol. The first-order chi connectivity index (χ1) is 12.3. The Balaban J connectivity index is 1.58. The van der Waals surface area contributed by atoms with Gasteiger partial charge in [-0.25, -0.2) is 17.9 Å². The standard InChI is InChI=1S/C17H21FN4O2S2/c1-20-16(21-10-12-6-7-15(25-12)26(19,23)24)22-11-17(8-9-17)13-4-2-3-5-14(13)18/h2-7H,8-11H2,1H3,(H2,19,23,24)(H2,20,21,22). The third kappa shape index (κ3) is 4.22. The van der Waals surface area contributed by atoms with Gasteiger partial charge in [0.2, 0.25) is 10.0 Å². The Morgan fingerprint density at radius 2 is 2.00 bits per heavy atom. The minimum atomic E-state index is -3.67. The van der Waals surface area contributed by atoms with Crippen LogP contribution in [0.1, 0.15) is 23.3 Å². The Morgan fingerprint density at radius 1 is 1.27 bits per heavy atom. The normalized spacial score (nSPS) is 16.3. The Labute approximate surface area is 156 Å². The van der Waals surface area contributed by atoms with Gasteiger partial charge in [0, 0.05) is 23.9 Å². The van der Waals surface area contributed by atoms with Gasteiger partial charge in [-0.05, 0) is 36.6 Å². The molecule has 2 aromatic rings. The predicted molar refractivity (Wildman–Crippen MR) is 101 cm³/mol. The number of rotatable bonds is 6. The van der Waals surface area contributed by atoms with E-state index in [-0.39, 0.29) is 15.4 Å². The first-order valence-electron chi connectivity index (χ1n) is 8.15. The second-order valence-electron chi connectivity index (χ2n) is 6.31. The molecule has 1 aliphatic rings. The van der Waals surface area contributed by atoms with E-state index in [0.717, 1.165) is 34.6 Å². The van der Waals surface area contributed by atoms with E-state index in [2.05, 4.69) is 15.6 Å². The van der Waals surface area contributed by atoms with E-state index in [0.29, 0.717) is 19.0 Å². The fourth-order valence-corrected chi connectivity index (χ4v) is 4.55. The van der Waals surface area contributed by atoms with Crippen LogP contribution >= 0.6 is 11.3 Å². The highest BCUT2D eigenvalue weighted by Crippen LogP contribution is 2.48. The van der Waals surface area contributed by atoms with Gasteiger partial charge < -0.3 is 10.6 Å². The van der Waals surface area contributed by atoms with Gasteiger partial charge in [0.15, 0.2) is 5.96 Å². The van der Waals surface area contributed by atoms with Crippen LogP contribution < -0.4 is 15.8 Å².